The maximum Gasteiger partial charge on any atom is 0.240 e. The van der Waals surface area contributed by atoms with Crippen LogP contribution < -0.4 is 15.2 Å². The fourth-order valence-corrected chi connectivity index (χ4v) is 2.29. The van der Waals surface area contributed by atoms with Crippen molar-refractivity contribution in [3.05, 3.63) is 24.0 Å². The second-order valence-electron chi connectivity index (χ2n) is 3.34. The van der Waals surface area contributed by atoms with Gasteiger partial charge in [0.25, 0.3) is 0 Å². The zero-order chi connectivity index (χ0) is 12.9. The van der Waals surface area contributed by atoms with Crippen LogP contribution >= 0.6 is 12.4 Å². The third kappa shape index (κ3) is 4.41. The third-order valence-electron chi connectivity index (χ3n) is 2.11. The van der Waals surface area contributed by atoms with Crippen LogP contribution in [0.15, 0.2) is 23.1 Å². The zero-order valence-corrected chi connectivity index (χ0v) is 11.5. The Kier molecular flexibility index (Phi) is 7.15. The molecule has 18 heavy (non-hydrogen) atoms. The molecule has 1 aromatic carbocycles. The van der Waals surface area contributed by atoms with Crippen molar-refractivity contribution in [2.75, 3.05) is 20.2 Å². The minimum atomic E-state index is -3.63. The second-order valence-corrected chi connectivity index (χ2v) is 5.10. The average molecular weight is 299 g/mol. The molecular weight excluding hydrogens is 283 g/mol. The predicted molar refractivity (Wildman–Crippen MR) is 69.1 cm³/mol. The Morgan fingerprint density at radius 3 is 2.67 bits per heavy atom. The van der Waals surface area contributed by atoms with Crippen LogP contribution in [-0.4, -0.2) is 28.6 Å². The second kappa shape index (κ2) is 7.52. The zero-order valence-electron chi connectivity index (χ0n) is 9.85. The Bertz CT molecular complexity index is 482. The molecular formula is C10H16ClFN2O3S. The molecule has 0 amide bonds. The molecule has 0 fully saturated rings. The predicted octanol–water partition coefficient (Wildman–Crippen LogP) is 0.883. The maximum atomic E-state index is 13.1. The van der Waals surface area contributed by atoms with Gasteiger partial charge in [-0.2, -0.15) is 0 Å². The number of nitrogens with two attached hydrogens (primary N) is 1. The Hall–Kier alpha value is -0.890. The van der Waals surface area contributed by atoms with Gasteiger partial charge in [0.1, 0.15) is 0 Å². The normalized spacial score (nSPS) is 10.8. The first-order valence-corrected chi connectivity index (χ1v) is 6.53. The summed E-state index contributed by atoms with van der Waals surface area (Å²) in [5.41, 5.74) is 5.26. The number of hydrogen-bond donors (Lipinski definition) is 2. The van der Waals surface area contributed by atoms with Crippen molar-refractivity contribution in [3.8, 4) is 5.75 Å². The van der Waals surface area contributed by atoms with Gasteiger partial charge in [0.2, 0.25) is 10.0 Å². The summed E-state index contributed by atoms with van der Waals surface area (Å²) in [5, 5.41) is 0. The molecule has 1 aromatic rings. The molecule has 0 bridgehead atoms. The molecule has 1 rings (SSSR count). The molecule has 0 aliphatic heterocycles. The first-order valence-electron chi connectivity index (χ1n) is 5.04. The maximum absolute atomic E-state index is 13.1. The largest absolute Gasteiger partial charge is 0.494 e. The molecule has 0 aliphatic rings. The van der Waals surface area contributed by atoms with Crippen molar-refractivity contribution in [2.24, 2.45) is 5.73 Å². The van der Waals surface area contributed by atoms with Gasteiger partial charge in [0, 0.05) is 12.6 Å². The van der Waals surface area contributed by atoms with E-state index in [9.17, 15) is 12.8 Å². The molecule has 0 unspecified atom stereocenters. The van der Waals surface area contributed by atoms with Gasteiger partial charge >= 0.3 is 0 Å². The van der Waals surface area contributed by atoms with Crippen molar-refractivity contribution in [3.63, 3.8) is 0 Å². The van der Waals surface area contributed by atoms with Crippen molar-refractivity contribution >= 4 is 22.4 Å². The van der Waals surface area contributed by atoms with Crippen molar-refractivity contribution in [2.45, 2.75) is 11.3 Å². The molecule has 0 heterocycles. The average Bonchev–Trinajstić information content (AvgIpc) is 2.29. The first-order chi connectivity index (χ1) is 8.01. The Morgan fingerprint density at radius 1 is 1.44 bits per heavy atom. The van der Waals surface area contributed by atoms with E-state index in [2.05, 4.69) is 4.72 Å². The van der Waals surface area contributed by atoms with E-state index in [4.69, 9.17) is 10.5 Å². The number of hydrogen-bond acceptors (Lipinski definition) is 4. The van der Waals surface area contributed by atoms with E-state index in [-0.39, 0.29) is 29.6 Å². The van der Waals surface area contributed by atoms with Crippen LogP contribution in [0.4, 0.5) is 4.39 Å². The van der Waals surface area contributed by atoms with Crippen LogP contribution in [0.3, 0.4) is 0 Å². The highest BCUT2D eigenvalue weighted by molar-refractivity contribution is 7.89. The topological polar surface area (TPSA) is 81.4 Å². The van der Waals surface area contributed by atoms with Crippen LogP contribution in [0.2, 0.25) is 0 Å². The number of sulfonamides is 1. The molecule has 0 spiro atoms. The SMILES string of the molecule is COc1cc(S(=O)(=O)NCCCN)ccc1F.Cl. The van der Waals surface area contributed by atoms with Gasteiger partial charge in [-0.05, 0) is 25.1 Å². The van der Waals surface area contributed by atoms with Crippen LogP contribution in [0.5, 0.6) is 5.75 Å². The fourth-order valence-electron chi connectivity index (χ4n) is 1.20. The lowest BCUT2D eigenvalue weighted by atomic mass is 10.3. The summed E-state index contributed by atoms with van der Waals surface area (Å²) < 4.78 is 43.7. The number of halogens is 2. The number of nitrogens with one attached hydrogen (secondary N) is 1. The fraction of sp³-hybridized carbons (Fsp3) is 0.400. The van der Waals surface area contributed by atoms with E-state index in [1.807, 2.05) is 0 Å². The summed E-state index contributed by atoms with van der Waals surface area (Å²) in [6, 6.07) is 3.37. The smallest absolute Gasteiger partial charge is 0.240 e. The Morgan fingerprint density at radius 2 is 2.11 bits per heavy atom. The minimum absolute atomic E-state index is 0. The lowest BCUT2D eigenvalue weighted by molar-refractivity contribution is 0.385. The molecule has 0 aliphatic carbocycles. The quantitative estimate of drug-likeness (QED) is 0.764. The van der Waals surface area contributed by atoms with E-state index in [1.165, 1.54) is 13.2 Å². The van der Waals surface area contributed by atoms with Gasteiger partial charge in [-0.1, -0.05) is 0 Å². The molecule has 0 saturated carbocycles. The van der Waals surface area contributed by atoms with E-state index in [0.29, 0.717) is 13.0 Å². The van der Waals surface area contributed by atoms with E-state index in [1.54, 1.807) is 0 Å². The molecule has 0 saturated heterocycles. The Labute approximate surface area is 112 Å². The lowest BCUT2D eigenvalue weighted by Gasteiger charge is -2.08. The number of rotatable bonds is 6. The van der Waals surface area contributed by atoms with Crippen LogP contribution in [0.1, 0.15) is 6.42 Å². The van der Waals surface area contributed by atoms with E-state index < -0.39 is 15.8 Å². The number of methoxy groups -OCH3 is 1. The molecule has 0 atom stereocenters. The lowest BCUT2D eigenvalue weighted by Crippen LogP contribution is -2.26. The molecule has 8 heteroatoms. The summed E-state index contributed by atoms with van der Waals surface area (Å²) in [5.74, 6) is -0.708. The summed E-state index contributed by atoms with van der Waals surface area (Å²) in [4.78, 5) is -0.0345. The summed E-state index contributed by atoms with van der Waals surface area (Å²) in [6.07, 6.45) is 0.539. The van der Waals surface area contributed by atoms with E-state index >= 15 is 0 Å². The first kappa shape index (κ1) is 17.1. The number of ether oxygens (including phenoxy) is 1. The van der Waals surface area contributed by atoms with Gasteiger partial charge < -0.3 is 10.5 Å². The van der Waals surface area contributed by atoms with Gasteiger partial charge in [0.15, 0.2) is 11.6 Å². The standard InChI is InChI=1S/C10H15FN2O3S.ClH/c1-16-10-7-8(3-4-9(10)11)17(14,15)13-6-2-5-12;/h3-4,7,13H,2,5-6,12H2,1H3;1H. The third-order valence-corrected chi connectivity index (χ3v) is 3.56. The number of benzene rings is 1. The van der Waals surface area contributed by atoms with Gasteiger partial charge in [-0.15, -0.1) is 12.4 Å². The van der Waals surface area contributed by atoms with Crippen LogP contribution in [0.25, 0.3) is 0 Å². The molecule has 3 N–H and O–H groups in total. The summed E-state index contributed by atoms with van der Waals surface area (Å²) in [7, 11) is -2.36. The highest BCUT2D eigenvalue weighted by Crippen LogP contribution is 2.21. The highest BCUT2D eigenvalue weighted by Gasteiger charge is 2.15. The van der Waals surface area contributed by atoms with Crippen molar-refractivity contribution in [1.29, 1.82) is 0 Å². The summed E-state index contributed by atoms with van der Waals surface area (Å²) >= 11 is 0. The van der Waals surface area contributed by atoms with Crippen molar-refractivity contribution in [1.82, 2.24) is 4.72 Å². The minimum Gasteiger partial charge on any atom is -0.494 e. The van der Waals surface area contributed by atoms with Crippen LogP contribution in [0, 0.1) is 5.82 Å². The van der Waals surface area contributed by atoms with E-state index in [0.717, 1.165) is 12.1 Å². The Balaban J connectivity index is 0.00000289. The highest BCUT2D eigenvalue weighted by atomic mass is 35.5. The van der Waals surface area contributed by atoms with Gasteiger partial charge in [-0.25, -0.2) is 17.5 Å². The molecule has 0 radical (unpaired) electrons. The molecule has 0 aromatic heterocycles. The molecule has 104 valence electrons. The van der Waals surface area contributed by atoms with Gasteiger partial charge in [-0.3, -0.25) is 0 Å². The molecule has 5 nitrogen and oxygen atoms in total. The summed E-state index contributed by atoms with van der Waals surface area (Å²) in [6.45, 7) is 0.647. The van der Waals surface area contributed by atoms with Gasteiger partial charge in [0.05, 0.1) is 12.0 Å². The van der Waals surface area contributed by atoms with Crippen LogP contribution in [-0.2, 0) is 10.0 Å². The monoisotopic (exact) mass is 298 g/mol. The van der Waals surface area contributed by atoms with Crippen molar-refractivity contribution < 1.29 is 17.5 Å².